The van der Waals surface area contributed by atoms with Gasteiger partial charge >= 0.3 is 0 Å². The molecule has 172 valence electrons. The molecule has 0 aromatic heterocycles. The summed E-state index contributed by atoms with van der Waals surface area (Å²) < 4.78 is 16.2. The lowest BCUT2D eigenvalue weighted by atomic mass is 10.1. The average Bonchev–Trinajstić information content (AvgIpc) is 3.09. The number of benzene rings is 2. The van der Waals surface area contributed by atoms with Gasteiger partial charge in [-0.3, -0.25) is 9.59 Å². The highest BCUT2D eigenvalue weighted by Gasteiger charge is 2.22. The first-order valence-corrected chi connectivity index (χ1v) is 11.0. The number of hydrogen-bond acceptors (Lipinski definition) is 5. The van der Waals surface area contributed by atoms with Crippen LogP contribution in [0, 0.1) is 0 Å². The normalized spacial score (nSPS) is 13.9. The van der Waals surface area contributed by atoms with E-state index in [4.69, 9.17) is 14.2 Å². The number of ether oxygens (including phenoxy) is 3. The maximum absolute atomic E-state index is 12.8. The molecule has 3 rings (SSSR count). The van der Waals surface area contributed by atoms with E-state index >= 15 is 0 Å². The van der Waals surface area contributed by atoms with Gasteiger partial charge in [-0.25, -0.2) is 0 Å². The molecule has 1 fully saturated rings. The summed E-state index contributed by atoms with van der Waals surface area (Å²) >= 11 is 0. The van der Waals surface area contributed by atoms with Crippen LogP contribution in [0.5, 0.6) is 17.2 Å². The van der Waals surface area contributed by atoms with Crippen LogP contribution in [0.2, 0.25) is 0 Å². The number of methoxy groups -OCH3 is 2. The molecule has 1 saturated heterocycles. The molecule has 32 heavy (non-hydrogen) atoms. The Bertz CT molecular complexity index is 887. The van der Waals surface area contributed by atoms with Crippen molar-refractivity contribution in [2.75, 3.05) is 47.0 Å². The highest BCUT2D eigenvalue weighted by Crippen LogP contribution is 2.28. The van der Waals surface area contributed by atoms with Crippen molar-refractivity contribution in [2.45, 2.75) is 25.7 Å². The molecule has 2 amide bonds. The lowest BCUT2D eigenvalue weighted by molar-refractivity contribution is -0.133. The van der Waals surface area contributed by atoms with Gasteiger partial charge in [-0.15, -0.1) is 0 Å². The van der Waals surface area contributed by atoms with Crippen molar-refractivity contribution in [2.24, 2.45) is 0 Å². The predicted octanol–water partition coefficient (Wildman–Crippen LogP) is 3.17. The van der Waals surface area contributed by atoms with Crippen molar-refractivity contribution in [3.8, 4) is 17.2 Å². The summed E-state index contributed by atoms with van der Waals surface area (Å²) in [4.78, 5) is 29.0. The third-order valence-electron chi connectivity index (χ3n) is 5.60. The van der Waals surface area contributed by atoms with Gasteiger partial charge in [0.05, 0.1) is 27.2 Å². The van der Waals surface area contributed by atoms with Crippen LogP contribution >= 0.6 is 0 Å². The van der Waals surface area contributed by atoms with E-state index in [-0.39, 0.29) is 11.8 Å². The lowest BCUT2D eigenvalue weighted by Gasteiger charge is -2.22. The third-order valence-corrected chi connectivity index (χ3v) is 5.60. The summed E-state index contributed by atoms with van der Waals surface area (Å²) in [7, 11) is 3.20. The van der Waals surface area contributed by atoms with E-state index in [0.29, 0.717) is 63.5 Å². The summed E-state index contributed by atoms with van der Waals surface area (Å²) in [5.74, 6) is 2.29. The average molecular weight is 441 g/mol. The zero-order valence-corrected chi connectivity index (χ0v) is 18.9. The van der Waals surface area contributed by atoms with E-state index in [0.717, 1.165) is 17.7 Å². The topological polar surface area (TPSA) is 68.3 Å². The number of carbonyl (C=O) groups is 2. The molecule has 0 aliphatic carbocycles. The summed E-state index contributed by atoms with van der Waals surface area (Å²) in [6.07, 6.45) is 2.18. The number of aryl methyl sites for hydroxylation is 1. The van der Waals surface area contributed by atoms with Crippen molar-refractivity contribution < 1.29 is 23.8 Å². The van der Waals surface area contributed by atoms with Crippen LogP contribution < -0.4 is 14.2 Å². The Kier molecular flexibility index (Phi) is 8.78. The van der Waals surface area contributed by atoms with Crippen LogP contribution in [0.4, 0.5) is 0 Å². The van der Waals surface area contributed by atoms with Crippen LogP contribution in [0.15, 0.2) is 48.5 Å². The SMILES string of the molecule is COc1ccc(CCC(=O)N2CCCN(C(=O)CCOc3ccccc3)CC2)cc1OC. The second-order valence-electron chi connectivity index (χ2n) is 7.72. The van der Waals surface area contributed by atoms with Gasteiger partial charge in [-0.2, -0.15) is 0 Å². The maximum Gasteiger partial charge on any atom is 0.226 e. The highest BCUT2D eigenvalue weighted by atomic mass is 16.5. The van der Waals surface area contributed by atoms with Gasteiger partial charge in [0.1, 0.15) is 5.75 Å². The quantitative estimate of drug-likeness (QED) is 0.599. The van der Waals surface area contributed by atoms with Gasteiger partial charge in [-0.05, 0) is 42.7 Å². The summed E-state index contributed by atoms with van der Waals surface area (Å²) in [6, 6.07) is 15.2. The molecular formula is C25H32N2O5. The van der Waals surface area contributed by atoms with Crippen molar-refractivity contribution >= 4 is 11.8 Å². The number of rotatable bonds is 9. The fourth-order valence-corrected chi connectivity index (χ4v) is 3.79. The Morgan fingerprint density at radius 1 is 0.812 bits per heavy atom. The predicted molar refractivity (Wildman–Crippen MR) is 122 cm³/mol. The van der Waals surface area contributed by atoms with Gasteiger partial charge in [0.15, 0.2) is 11.5 Å². The maximum atomic E-state index is 12.8. The molecule has 1 heterocycles. The number of amides is 2. The minimum absolute atomic E-state index is 0.0700. The summed E-state index contributed by atoms with van der Waals surface area (Å²) in [5, 5.41) is 0. The standard InChI is InChI=1S/C25H32N2O5/c1-30-22-11-9-20(19-23(22)31-2)10-12-24(28)26-14-6-15-27(17-16-26)25(29)13-18-32-21-7-4-3-5-8-21/h3-5,7-9,11,19H,6,10,12-18H2,1-2H3. The smallest absolute Gasteiger partial charge is 0.226 e. The van der Waals surface area contributed by atoms with E-state index in [1.165, 1.54) is 0 Å². The molecule has 7 nitrogen and oxygen atoms in total. The van der Waals surface area contributed by atoms with Crippen molar-refractivity contribution in [1.82, 2.24) is 9.80 Å². The van der Waals surface area contributed by atoms with Crippen molar-refractivity contribution in [1.29, 1.82) is 0 Å². The lowest BCUT2D eigenvalue weighted by Crippen LogP contribution is -2.37. The van der Waals surface area contributed by atoms with Gasteiger partial charge in [0.25, 0.3) is 0 Å². The van der Waals surface area contributed by atoms with Crippen LogP contribution in [-0.2, 0) is 16.0 Å². The Hall–Kier alpha value is -3.22. The minimum atomic E-state index is 0.0700. The van der Waals surface area contributed by atoms with Crippen LogP contribution in [0.1, 0.15) is 24.8 Å². The zero-order valence-electron chi connectivity index (χ0n) is 18.9. The van der Waals surface area contributed by atoms with Gasteiger partial charge in [0.2, 0.25) is 11.8 Å². The second kappa shape index (κ2) is 12.0. The largest absolute Gasteiger partial charge is 0.493 e. The van der Waals surface area contributed by atoms with Crippen LogP contribution in [0.3, 0.4) is 0 Å². The van der Waals surface area contributed by atoms with Crippen molar-refractivity contribution in [3.05, 3.63) is 54.1 Å². The van der Waals surface area contributed by atoms with Gasteiger partial charge < -0.3 is 24.0 Å². The zero-order chi connectivity index (χ0) is 22.8. The molecule has 0 saturated carbocycles. The van der Waals surface area contributed by atoms with E-state index in [1.54, 1.807) is 14.2 Å². The molecule has 0 spiro atoms. The monoisotopic (exact) mass is 440 g/mol. The van der Waals surface area contributed by atoms with E-state index in [9.17, 15) is 9.59 Å². The second-order valence-corrected chi connectivity index (χ2v) is 7.72. The molecule has 1 aliphatic rings. The highest BCUT2D eigenvalue weighted by molar-refractivity contribution is 5.78. The minimum Gasteiger partial charge on any atom is -0.493 e. The summed E-state index contributed by atoms with van der Waals surface area (Å²) in [6.45, 7) is 2.83. The molecule has 2 aromatic rings. The first kappa shape index (κ1) is 23.4. The Balaban J connectivity index is 1.43. The van der Waals surface area contributed by atoms with Gasteiger partial charge in [0, 0.05) is 32.6 Å². The molecule has 0 atom stereocenters. The first-order valence-electron chi connectivity index (χ1n) is 11.0. The van der Waals surface area contributed by atoms with E-state index in [2.05, 4.69) is 0 Å². The molecule has 0 unspecified atom stereocenters. The molecule has 0 bridgehead atoms. The third kappa shape index (κ3) is 6.64. The molecular weight excluding hydrogens is 408 g/mol. The van der Waals surface area contributed by atoms with E-state index in [1.807, 2.05) is 58.3 Å². The Morgan fingerprint density at radius 2 is 1.47 bits per heavy atom. The summed E-state index contributed by atoms with van der Waals surface area (Å²) in [5.41, 5.74) is 1.03. The molecule has 7 heteroatoms. The number of para-hydroxylation sites is 1. The number of nitrogens with zero attached hydrogens (tertiary/aromatic N) is 2. The molecule has 0 N–H and O–H groups in total. The molecule has 1 aliphatic heterocycles. The van der Waals surface area contributed by atoms with Crippen LogP contribution in [-0.4, -0.2) is 68.6 Å². The van der Waals surface area contributed by atoms with Gasteiger partial charge in [-0.1, -0.05) is 24.3 Å². The van der Waals surface area contributed by atoms with E-state index < -0.39 is 0 Å². The first-order chi connectivity index (χ1) is 15.6. The molecule has 0 radical (unpaired) electrons. The van der Waals surface area contributed by atoms with Crippen LogP contribution in [0.25, 0.3) is 0 Å². The van der Waals surface area contributed by atoms with Crippen molar-refractivity contribution in [3.63, 3.8) is 0 Å². The Morgan fingerprint density at radius 3 is 2.12 bits per heavy atom. The number of hydrogen-bond donors (Lipinski definition) is 0. The fraction of sp³-hybridized carbons (Fsp3) is 0.440. The fourth-order valence-electron chi connectivity index (χ4n) is 3.79. The Labute approximate surface area is 189 Å². The molecule has 2 aromatic carbocycles. The number of carbonyl (C=O) groups excluding carboxylic acids is 2.